The molecule has 6 nitrogen and oxygen atoms in total. The molecule has 2 aromatic carbocycles. The number of carbonyl (C=O) groups excluding carboxylic acids is 1. The molecule has 1 aromatic heterocycles. The highest BCUT2D eigenvalue weighted by molar-refractivity contribution is 5.73. The number of imidazole rings is 1. The van der Waals surface area contributed by atoms with Crippen molar-refractivity contribution in [1.29, 1.82) is 0 Å². The SMILES string of the molecule is CCOC(=O)Cc1c(Cc2ccccc2)nc(N2CCOCC2)n1-c1ccc(C)cc1. The van der Waals surface area contributed by atoms with E-state index in [-0.39, 0.29) is 12.4 Å². The predicted molar refractivity (Wildman–Crippen MR) is 121 cm³/mol. The van der Waals surface area contributed by atoms with E-state index >= 15 is 0 Å². The summed E-state index contributed by atoms with van der Waals surface area (Å²) in [6.07, 6.45) is 0.840. The lowest BCUT2D eigenvalue weighted by Crippen LogP contribution is -2.38. The molecule has 0 saturated carbocycles. The van der Waals surface area contributed by atoms with Crippen molar-refractivity contribution in [2.24, 2.45) is 0 Å². The second-order valence-electron chi connectivity index (χ2n) is 7.72. The number of ether oxygens (including phenoxy) is 2. The van der Waals surface area contributed by atoms with Gasteiger partial charge in [0.05, 0.1) is 37.6 Å². The molecular weight excluding hydrogens is 390 g/mol. The van der Waals surface area contributed by atoms with Gasteiger partial charge in [0.2, 0.25) is 5.95 Å². The van der Waals surface area contributed by atoms with Gasteiger partial charge in [-0.1, -0.05) is 48.0 Å². The van der Waals surface area contributed by atoms with Crippen LogP contribution in [-0.4, -0.2) is 48.4 Å². The topological polar surface area (TPSA) is 56.6 Å². The maximum Gasteiger partial charge on any atom is 0.311 e. The second-order valence-corrected chi connectivity index (χ2v) is 7.72. The smallest absolute Gasteiger partial charge is 0.311 e. The van der Waals surface area contributed by atoms with Crippen molar-refractivity contribution >= 4 is 11.9 Å². The van der Waals surface area contributed by atoms with Crippen LogP contribution in [0.3, 0.4) is 0 Å². The first-order valence-electron chi connectivity index (χ1n) is 10.9. The van der Waals surface area contributed by atoms with E-state index in [1.165, 1.54) is 5.56 Å². The van der Waals surface area contributed by atoms with E-state index in [2.05, 4.69) is 52.8 Å². The lowest BCUT2D eigenvalue weighted by atomic mass is 10.1. The van der Waals surface area contributed by atoms with E-state index in [4.69, 9.17) is 14.5 Å². The van der Waals surface area contributed by atoms with Crippen LogP contribution in [0.5, 0.6) is 0 Å². The van der Waals surface area contributed by atoms with Gasteiger partial charge in [-0.05, 0) is 31.5 Å². The minimum atomic E-state index is -0.237. The van der Waals surface area contributed by atoms with Gasteiger partial charge in [-0.3, -0.25) is 9.36 Å². The van der Waals surface area contributed by atoms with Gasteiger partial charge in [-0.15, -0.1) is 0 Å². The number of hydrogen-bond acceptors (Lipinski definition) is 5. The van der Waals surface area contributed by atoms with Crippen LogP contribution in [0.4, 0.5) is 5.95 Å². The lowest BCUT2D eigenvalue weighted by molar-refractivity contribution is -0.142. The molecule has 0 atom stereocenters. The summed E-state index contributed by atoms with van der Waals surface area (Å²) < 4.78 is 13.0. The number of anilines is 1. The molecule has 1 fully saturated rings. The number of benzene rings is 2. The Bertz CT molecular complexity index is 1010. The van der Waals surface area contributed by atoms with Crippen LogP contribution in [0.25, 0.3) is 5.69 Å². The molecule has 0 spiro atoms. The Morgan fingerprint density at radius 1 is 1.06 bits per heavy atom. The number of rotatable bonds is 7. The third kappa shape index (κ3) is 4.97. The molecule has 1 aliphatic heterocycles. The van der Waals surface area contributed by atoms with Crippen LogP contribution in [0.2, 0.25) is 0 Å². The van der Waals surface area contributed by atoms with Crippen LogP contribution < -0.4 is 4.90 Å². The van der Waals surface area contributed by atoms with Gasteiger partial charge in [0.25, 0.3) is 0 Å². The van der Waals surface area contributed by atoms with Crippen LogP contribution in [0, 0.1) is 6.92 Å². The van der Waals surface area contributed by atoms with Crippen molar-refractivity contribution in [3.05, 3.63) is 77.1 Å². The normalized spacial score (nSPS) is 13.9. The highest BCUT2D eigenvalue weighted by atomic mass is 16.5. The Balaban J connectivity index is 1.84. The quantitative estimate of drug-likeness (QED) is 0.547. The average Bonchev–Trinajstić information content (AvgIpc) is 3.13. The number of morpholine rings is 1. The van der Waals surface area contributed by atoms with Gasteiger partial charge in [-0.2, -0.15) is 0 Å². The molecule has 6 heteroatoms. The summed E-state index contributed by atoms with van der Waals surface area (Å²) in [5.74, 6) is 0.621. The number of aryl methyl sites for hydroxylation is 1. The van der Waals surface area contributed by atoms with Crippen LogP contribution in [-0.2, 0) is 27.1 Å². The monoisotopic (exact) mass is 419 g/mol. The summed E-state index contributed by atoms with van der Waals surface area (Å²) in [7, 11) is 0. The first-order chi connectivity index (χ1) is 15.2. The Morgan fingerprint density at radius 3 is 2.45 bits per heavy atom. The fraction of sp³-hybridized carbons (Fsp3) is 0.360. The van der Waals surface area contributed by atoms with Crippen LogP contribution in [0.1, 0.15) is 29.4 Å². The Hall–Kier alpha value is -3.12. The zero-order valence-electron chi connectivity index (χ0n) is 18.2. The maximum atomic E-state index is 12.5. The minimum absolute atomic E-state index is 0.182. The molecule has 0 radical (unpaired) electrons. The third-order valence-electron chi connectivity index (χ3n) is 5.46. The molecule has 1 aliphatic rings. The molecular formula is C25H29N3O3. The van der Waals surface area contributed by atoms with Gasteiger partial charge < -0.3 is 14.4 Å². The molecule has 0 aliphatic carbocycles. The lowest BCUT2D eigenvalue weighted by Gasteiger charge is -2.28. The summed E-state index contributed by atoms with van der Waals surface area (Å²) in [4.78, 5) is 19.9. The number of nitrogens with zero attached hydrogens (tertiary/aromatic N) is 3. The highest BCUT2D eigenvalue weighted by Gasteiger charge is 2.26. The van der Waals surface area contributed by atoms with Crippen LogP contribution >= 0.6 is 0 Å². The molecule has 31 heavy (non-hydrogen) atoms. The molecule has 162 valence electrons. The zero-order valence-corrected chi connectivity index (χ0v) is 18.2. The van der Waals surface area contributed by atoms with Crippen molar-refractivity contribution in [2.75, 3.05) is 37.8 Å². The van der Waals surface area contributed by atoms with Crippen molar-refractivity contribution in [3.8, 4) is 5.69 Å². The van der Waals surface area contributed by atoms with E-state index < -0.39 is 0 Å². The highest BCUT2D eigenvalue weighted by Crippen LogP contribution is 2.28. The van der Waals surface area contributed by atoms with Crippen molar-refractivity contribution in [2.45, 2.75) is 26.7 Å². The molecule has 0 bridgehead atoms. The van der Waals surface area contributed by atoms with Gasteiger partial charge in [0.15, 0.2) is 0 Å². The number of aromatic nitrogens is 2. The van der Waals surface area contributed by atoms with Crippen molar-refractivity contribution in [1.82, 2.24) is 9.55 Å². The number of esters is 1. The predicted octanol–water partition coefficient (Wildman–Crippen LogP) is 3.71. The maximum absolute atomic E-state index is 12.5. The zero-order chi connectivity index (χ0) is 21.6. The summed E-state index contributed by atoms with van der Waals surface area (Å²) in [6, 6.07) is 18.6. The summed E-state index contributed by atoms with van der Waals surface area (Å²) in [6.45, 7) is 7.14. The molecule has 0 amide bonds. The van der Waals surface area contributed by atoms with E-state index in [9.17, 15) is 4.79 Å². The Labute approximate surface area is 183 Å². The average molecular weight is 420 g/mol. The van der Waals surface area contributed by atoms with Gasteiger partial charge in [0.1, 0.15) is 0 Å². The first-order valence-corrected chi connectivity index (χ1v) is 10.9. The fourth-order valence-electron chi connectivity index (χ4n) is 3.89. The number of carbonyl (C=O) groups is 1. The minimum Gasteiger partial charge on any atom is -0.466 e. The summed E-state index contributed by atoms with van der Waals surface area (Å²) >= 11 is 0. The third-order valence-corrected chi connectivity index (χ3v) is 5.46. The Morgan fingerprint density at radius 2 is 1.77 bits per heavy atom. The van der Waals surface area contributed by atoms with Crippen LogP contribution in [0.15, 0.2) is 54.6 Å². The van der Waals surface area contributed by atoms with Gasteiger partial charge in [-0.25, -0.2) is 4.98 Å². The molecule has 3 aromatic rings. The van der Waals surface area contributed by atoms with Crippen molar-refractivity contribution < 1.29 is 14.3 Å². The van der Waals surface area contributed by atoms with Crippen molar-refractivity contribution in [3.63, 3.8) is 0 Å². The molecule has 0 N–H and O–H groups in total. The van der Waals surface area contributed by atoms with E-state index in [1.54, 1.807) is 0 Å². The molecule has 4 rings (SSSR count). The van der Waals surface area contributed by atoms with E-state index in [0.717, 1.165) is 41.7 Å². The summed E-state index contributed by atoms with van der Waals surface area (Å²) in [5, 5.41) is 0. The molecule has 1 saturated heterocycles. The standard InChI is InChI=1S/C25H29N3O3/c1-3-31-24(29)18-23-22(17-20-7-5-4-6-8-20)26-25(27-13-15-30-16-14-27)28(23)21-11-9-19(2)10-12-21/h4-12H,3,13-18H2,1-2H3. The molecule has 0 unspecified atom stereocenters. The van der Waals surface area contributed by atoms with Gasteiger partial charge in [0, 0.05) is 25.2 Å². The van der Waals surface area contributed by atoms with Gasteiger partial charge >= 0.3 is 5.97 Å². The number of hydrogen-bond donors (Lipinski definition) is 0. The van der Waals surface area contributed by atoms with E-state index in [0.29, 0.717) is 26.2 Å². The fourth-order valence-corrected chi connectivity index (χ4v) is 3.89. The van der Waals surface area contributed by atoms with E-state index in [1.807, 2.05) is 25.1 Å². The molecule has 2 heterocycles. The largest absolute Gasteiger partial charge is 0.466 e. The Kier molecular flexibility index (Phi) is 6.67. The second kappa shape index (κ2) is 9.79. The summed E-state index contributed by atoms with van der Waals surface area (Å²) in [5.41, 5.74) is 5.13. The first kappa shape index (κ1) is 21.1.